The van der Waals surface area contributed by atoms with E-state index in [-0.39, 0.29) is 49.2 Å². The van der Waals surface area contributed by atoms with Gasteiger partial charge in [-0.05, 0) is 17.7 Å². The number of carbonyl (C=O) groups excluding carboxylic acids is 2. The van der Waals surface area contributed by atoms with Gasteiger partial charge in [-0.25, -0.2) is 4.39 Å². The topological polar surface area (TPSA) is 84.7 Å². The van der Waals surface area contributed by atoms with E-state index in [9.17, 15) is 14.0 Å². The molecule has 1 heterocycles. The van der Waals surface area contributed by atoms with Crippen LogP contribution in [0.3, 0.4) is 0 Å². The summed E-state index contributed by atoms with van der Waals surface area (Å²) in [7, 11) is 0. The lowest BCUT2D eigenvalue weighted by Gasteiger charge is -2.33. The van der Waals surface area contributed by atoms with Crippen molar-refractivity contribution in [2.45, 2.75) is 6.10 Å². The maximum Gasteiger partial charge on any atom is 0.242 e. The van der Waals surface area contributed by atoms with Gasteiger partial charge in [-0.3, -0.25) is 9.59 Å². The summed E-state index contributed by atoms with van der Waals surface area (Å²) in [6.45, 7) is 0.913. The first kappa shape index (κ1) is 18.3. The lowest BCUT2D eigenvalue weighted by Crippen LogP contribution is -2.47. The second kappa shape index (κ2) is 8.67. The molecule has 1 aliphatic heterocycles. The van der Waals surface area contributed by atoms with Gasteiger partial charge in [0.15, 0.2) is 0 Å². The van der Waals surface area contributed by atoms with Gasteiger partial charge < -0.3 is 20.7 Å². The average molecular weight is 332 g/mol. The highest BCUT2D eigenvalue weighted by molar-refractivity contribution is 5.85. The zero-order chi connectivity index (χ0) is 15.2. The molecule has 1 aromatic carbocycles. The van der Waals surface area contributed by atoms with Gasteiger partial charge in [0.1, 0.15) is 11.9 Å². The number of nitrogens with zero attached hydrogens (tertiary/aromatic N) is 1. The summed E-state index contributed by atoms with van der Waals surface area (Å²) in [4.78, 5) is 24.6. The molecule has 1 aliphatic rings. The van der Waals surface area contributed by atoms with Crippen molar-refractivity contribution in [2.24, 2.45) is 5.73 Å². The van der Waals surface area contributed by atoms with Crippen LogP contribution in [0.5, 0.6) is 0 Å². The van der Waals surface area contributed by atoms with Crippen LogP contribution in [0.15, 0.2) is 24.3 Å². The number of nitrogens with one attached hydrogen (secondary N) is 1. The maximum absolute atomic E-state index is 13.2. The van der Waals surface area contributed by atoms with E-state index < -0.39 is 0 Å². The number of morpholine rings is 1. The van der Waals surface area contributed by atoms with E-state index in [1.54, 1.807) is 17.0 Å². The summed E-state index contributed by atoms with van der Waals surface area (Å²) >= 11 is 0. The number of carbonyl (C=O) groups is 2. The first-order chi connectivity index (χ1) is 10.1. The van der Waals surface area contributed by atoms with Crippen molar-refractivity contribution in [3.8, 4) is 0 Å². The fourth-order valence-electron chi connectivity index (χ4n) is 2.14. The predicted octanol–water partition coefficient (Wildman–Crippen LogP) is 0.222. The zero-order valence-electron chi connectivity index (χ0n) is 12.0. The molecular formula is C14H19ClFN3O3. The molecule has 1 aromatic rings. The van der Waals surface area contributed by atoms with E-state index in [1.165, 1.54) is 12.1 Å². The van der Waals surface area contributed by atoms with Crippen LogP contribution in [0.25, 0.3) is 0 Å². The smallest absolute Gasteiger partial charge is 0.242 e. The molecule has 2 amide bonds. The molecule has 1 saturated heterocycles. The number of hydrogen-bond acceptors (Lipinski definition) is 4. The molecule has 6 nitrogen and oxygen atoms in total. The van der Waals surface area contributed by atoms with E-state index in [4.69, 9.17) is 10.5 Å². The first-order valence-electron chi connectivity index (χ1n) is 6.71. The van der Waals surface area contributed by atoms with Crippen LogP contribution in [-0.4, -0.2) is 49.5 Å². The summed E-state index contributed by atoms with van der Waals surface area (Å²) < 4.78 is 18.8. The Bertz CT molecular complexity index is 530. The molecule has 8 heteroatoms. The molecule has 1 atom stereocenters. The number of hydrogen-bond donors (Lipinski definition) is 2. The Hall–Kier alpha value is -1.70. The second-order valence-corrected chi connectivity index (χ2v) is 4.74. The van der Waals surface area contributed by atoms with Gasteiger partial charge in [0.25, 0.3) is 0 Å². The number of ether oxygens (including phenoxy) is 1. The third-order valence-corrected chi connectivity index (χ3v) is 3.26. The van der Waals surface area contributed by atoms with Crippen molar-refractivity contribution in [1.82, 2.24) is 10.2 Å². The monoisotopic (exact) mass is 331 g/mol. The molecule has 0 saturated carbocycles. The van der Waals surface area contributed by atoms with Crippen LogP contribution < -0.4 is 11.1 Å². The lowest BCUT2D eigenvalue weighted by atomic mass is 10.1. The molecule has 122 valence electrons. The summed E-state index contributed by atoms with van der Waals surface area (Å²) in [6, 6.07) is 6.13. The zero-order valence-corrected chi connectivity index (χ0v) is 12.8. The van der Waals surface area contributed by atoms with Crippen LogP contribution in [0.2, 0.25) is 0 Å². The average Bonchev–Trinajstić information content (AvgIpc) is 2.52. The van der Waals surface area contributed by atoms with Gasteiger partial charge in [0, 0.05) is 6.54 Å². The standard InChI is InChI=1S/C14H18FN3O3.ClH/c15-11-3-1-2-10(6-11)12-9-18(4-5-21-12)14(20)8-17-13(19)7-16;/h1-3,6,12H,4-5,7-9,16H2,(H,17,19);1H. The Morgan fingerprint density at radius 3 is 2.91 bits per heavy atom. The third kappa shape index (κ3) is 4.94. The number of benzene rings is 1. The quantitative estimate of drug-likeness (QED) is 0.826. The second-order valence-electron chi connectivity index (χ2n) is 4.74. The Balaban J connectivity index is 0.00000242. The van der Waals surface area contributed by atoms with Gasteiger partial charge in [-0.1, -0.05) is 12.1 Å². The minimum atomic E-state index is -0.377. The highest BCUT2D eigenvalue weighted by atomic mass is 35.5. The Morgan fingerprint density at radius 2 is 2.23 bits per heavy atom. The fourth-order valence-corrected chi connectivity index (χ4v) is 2.14. The van der Waals surface area contributed by atoms with Crippen molar-refractivity contribution in [1.29, 1.82) is 0 Å². The molecule has 0 aromatic heterocycles. The Kier molecular flexibility index (Phi) is 7.23. The van der Waals surface area contributed by atoms with E-state index in [0.29, 0.717) is 25.3 Å². The van der Waals surface area contributed by atoms with Crippen LogP contribution in [0.1, 0.15) is 11.7 Å². The summed E-state index contributed by atoms with van der Waals surface area (Å²) in [5, 5.41) is 2.44. The molecule has 0 bridgehead atoms. The molecule has 22 heavy (non-hydrogen) atoms. The molecule has 2 rings (SSSR count). The van der Waals surface area contributed by atoms with Crippen molar-refractivity contribution in [3.63, 3.8) is 0 Å². The number of amides is 2. The van der Waals surface area contributed by atoms with Crippen LogP contribution in [-0.2, 0) is 14.3 Å². The minimum absolute atomic E-state index is 0. The van der Waals surface area contributed by atoms with Crippen molar-refractivity contribution < 1.29 is 18.7 Å². The van der Waals surface area contributed by atoms with Gasteiger partial charge in [0.05, 0.1) is 26.2 Å². The molecule has 0 spiro atoms. The summed E-state index contributed by atoms with van der Waals surface area (Å²) in [5.41, 5.74) is 5.85. The van der Waals surface area contributed by atoms with Gasteiger partial charge in [0.2, 0.25) is 11.8 Å². The highest BCUT2D eigenvalue weighted by Crippen LogP contribution is 2.22. The van der Waals surface area contributed by atoms with Crippen molar-refractivity contribution in [2.75, 3.05) is 32.8 Å². The number of halogens is 2. The Labute approximate surface area is 134 Å². The van der Waals surface area contributed by atoms with Crippen LogP contribution >= 0.6 is 12.4 Å². The van der Waals surface area contributed by atoms with Gasteiger partial charge in [-0.15, -0.1) is 12.4 Å². The molecule has 1 unspecified atom stereocenters. The molecule has 0 aliphatic carbocycles. The third-order valence-electron chi connectivity index (χ3n) is 3.26. The van der Waals surface area contributed by atoms with Crippen molar-refractivity contribution in [3.05, 3.63) is 35.6 Å². The summed E-state index contributed by atoms with van der Waals surface area (Å²) in [5.74, 6) is -0.922. The van der Waals surface area contributed by atoms with Crippen LogP contribution in [0.4, 0.5) is 4.39 Å². The maximum atomic E-state index is 13.2. The highest BCUT2D eigenvalue weighted by Gasteiger charge is 2.25. The first-order valence-corrected chi connectivity index (χ1v) is 6.71. The number of nitrogens with two attached hydrogens (primary N) is 1. The normalized spacial score (nSPS) is 17.5. The van der Waals surface area contributed by atoms with Crippen LogP contribution in [0, 0.1) is 5.82 Å². The van der Waals surface area contributed by atoms with E-state index in [0.717, 1.165) is 0 Å². The van der Waals surface area contributed by atoms with Crippen molar-refractivity contribution >= 4 is 24.2 Å². The van der Waals surface area contributed by atoms with Gasteiger partial charge in [-0.2, -0.15) is 0 Å². The molecule has 3 N–H and O–H groups in total. The lowest BCUT2D eigenvalue weighted by molar-refractivity contribution is -0.139. The SMILES string of the molecule is Cl.NCC(=O)NCC(=O)N1CCOC(c2cccc(F)c2)C1. The Morgan fingerprint density at radius 1 is 1.45 bits per heavy atom. The largest absolute Gasteiger partial charge is 0.370 e. The fraction of sp³-hybridized carbons (Fsp3) is 0.429. The van der Waals surface area contributed by atoms with E-state index >= 15 is 0 Å². The predicted molar refractivity (Wildman–Crippen MR) is 81.0 cm³/mol. The van der Waals surface area contributed by atoms with E-state index in [2.05, 4.69) is 5.32 Å². The molecular weight excluding hydrogens is 313 g/mol. The summed E-state index contributed by atoms with van der Waals surface area (Å²) in [6.07, 6.45) is -0.358. The molecule has 0 radical (unpaired) electrons. The van der Waals surface area contributed by atoms with E-state index in [1.807, 2.05) is 0 Å². The van der Waals surface area contributed by atoms with Gasteiger partial charge >= 0.3 is 0 Å². The minimum Gasteiger partial charge on any atom is -0.370 e. The molecule has 1 fully saturated rings. The number of rotatable bonds is 4.